The second-order valence-corrected chi connectivity index (χ2v) is 8.45. The van der Waals surface area contributed by atoms with E-state index in [1.54, 1.807) is 0 Å². The molecule has 5 nitrogen and oxygen atoms in total. The number of pyridine rings is 1. The van der Waals surface area contributed by atoms with Gasteiger partial charge in [0.15, 0.2) is 0 Å². The number of aromatic nitrogens is 2. The molecule has 1 saturated heterocycles. The number of amides is 1. The summed E-state index contributed by atoms with van der Waals surface area (Å²) in [5, 5.41) is 0. The van der Waals surface area contributed by atoms with Gasteiger partial charge in [0.05, 0.1) is 12.1 Å². The maximum atomic E-state index is 12.7. The number of carbonyl (C=O) groups excluding carboxylic acids is 1. The summed E-state index contributed by atoms with van der Waals surface area (Å²) < 4.78 is 2.06. The fraction of sp³-hybridized carbons (Fsp3) is 0.417. The lowest BCUT2D eigenvalue weighted by molar-refractivity contribution is -0.132. The highest BCUT2D eigenvalue weighted by Gasteiger charge is 2.21. The van der Waals surface area contributed by atoms with Crippen molar-refractivity contribution in [1.29, 1.82) is 0 Å². The number of hydrogen-bond donors (Lipinski definition) is 0. The van der Waals surface area contributed by atoms with Crippen LogP contribution in [0.5, 0.6) is 0 Å². The molecule has 0 radical (unpaired) electrons. The predicted octanol–water partition coefficient (Wildman–Crippen LogP) is 3.42. The maximum Gasteiger partial charge on any atom is 0.227 e. The molecule has 152 valence electrons. The molecule has 0 unspecified atom stereocenters. The summed E-state index contributed by atoms with van der Waals surface area (Å²) in [7, 11) is 0. The molecule has 1 fully saturated rings. The van der Waals surface area contributed by atoms with Crippen LogP contribution in [0.2, 0.25) is 0 Å². The van der Waals surface area contributed by atoms with Gasteiger partial charge in [0, 0.05) is 45.1 Å². The van der Waals surface area contributed by atoms with Crippen molar-refractivity contribution < 1.29 is 4.79 Å². The molecule has 4 rings (SSSR count). The zero-order chi connectivity index (χ0) is 20.2. The molecule has 0 atom stereocenters. The van der Waals surface area contributed by atoms with Crippen LogP contribution in [0.1, 0.15) is 30.7 Å². The third-order valence-electron chi connectivity index (χ3n) is 5.55. The second kappa shape index (κ2) is 8.78. The van der Waals surface area contributed by atoms with Crippen LogP contribution in [0, 0.1) is 5.92 Å². The van der Waals surface area contributed by atoms with E-state index in [2.05, 4.69) is 58.6 Å². The van der Waals surface area contributed by atoms with Gasteiger partial charge in [-0.05, 0) is 35.6 Å². The maximum absolute atomic E-state index is 12.7. The van der Waals surface area contributed by atoms with Crippen LogP contribution in [0.4, 0.5) is 0 Å². The Kier molecular flexibility index (Phi) is 5.95. The molecule has 5 heteroatoms. The van der Waals surface area contributed by atoms with Crippen LogP contribution in [-0.4, -0.2) is 51.3 Å². The molecule has 1 aromatic carbocycles. The van der Waals surface area contributed by atoms with Crippen LogP contribution in [0.3, 0.4) is 0 Å². The SMILES string of the molecule is CC(C)Cc1ccc(CC(=O)N2CCN(Cc3cn4ccccc4n3)CC2)cc1. The Bertz CT molecular complexity index is 919. The zero-order valence-electron chi connectivity index (χ0n) is 17.4. The first kappa shape index (κ1) is 19.6. The minimum Gasteiger partial charge on any atom is -0.340 e. The minimum absolute atomic E-state index is 0.231. The molecule has 1 aliphatic heterocycles. The van der Waals surface area contributed by atoms with Gasteiger partial charge in [-0.3, -0.25) is 9.69 Å². The Hall–Kier alpha value is -2.66. The van der Waals surface area contributed by atoms with Gasteiger partial charge in [-0.2, -0.15) is 0 Å². The minimum atomic E-state index is 0.231. The standard InChI is InChI=1S/C24H30N4O/c1-19(2)15-20-6-8-21(9-7-20)16-24(29)27-13-11-26(12-14-27)17-22-18-28-10-4-3-5-23(28)25-22/h3-10,18-19H,11-17H2,1-2H3. The van der Waals surface area contributed by atoms with E-state index in [1.165, 1.54) is 5.56 Å². The lowest BCUT2D eigenvalue weighted by Gasteiger charge is -2.34. The number of benzene rings is 1. The molecule has 0 spiro atoms. The first-order chi connectivity index (χ1) is 14.1. The fourth-order valence-corrected chi connectivity index (χ4v) is 4.00. The topological polar surface area (TPSA) is 40.9 Å². The summed E-state index contributed by atoms with van der Waals surface area (Å²) in [6.45, 7) is 8.66. The molecule has 0 N–H and O–H groups in total. The Morgan fingerprint density at radius 2 is 1.72 bits per heavy atom. The van der Waals surface area contributed by atoms with Crippen molar-refractivity contribution >= 4 is 11.6 Å². The van der Waals surface area contributed by atoms with E-state index in [1.807, 2.05) is 29.3 Å². The summed E-state index contributed by atoms with van der Waals surface area (Å²) in [4.78, 5) is 21.8. The first-order valence-corrected chi connectivity index (χ1v) is 10.6. The molecule has 3 heterocycles. The number of carbonyl (C=O) groups is 1. The van der Waals surface area contributed by atoms with Crippen molar-refractivity contribution in [2.45, 2.75) is 33.2 Å². The summed E-state index contributed by atoms with van der Waals surface area (Å²) in [6.07, 6.45) is 5.70. The highest BCUT2D eigenvalue weighted by Crippen LogP contribution is 2.13. The molecule has 1 amide bonds. The van der Waals surface area contributed by atoms with Gasteiger partial charge in [-0.1, -0.05) is 44.2 Å². The van der Waals surface area contributed by atoms with Crippen molar-refractivity contribution in [3.63, 3.8) is 0 Å². The van der Waals surface area contributed by atoms with Crippen molar-refractivity contribution in [3.05, 3.63) is 71.7 Å². The van der Waals surface area contributed by atoms with Crippen LogP contribution in [0.15, 0.2) is 54.9 Å². The van der Waals surface area contributed by atoms with Gasteiger partial charge in [0.2, 0.25) is 5.91 Å². The van der Waals surface area contributed by atoms with E-state index in [-0.39, 0.29) is 5.91 Å². The van der Waals surface area contributed by atoms with Crippen molar-refractivity contribution in [2.24, 2.45) is 5.92 Å². The van der Waals surface area contributed by atoms with Gasteiger partial charge in [0.25, 0.3) is 0 Å². The lowest BCUT2D eigenvalue weighted by Crippen LogP contribution is -2.48. The molecular weight excluding hydrogens is 360 g/mol. The summed E-state index contributed by atoms with van der Waals surface area (Å²) in [5.74, 6) is 0.883. The quantitative estimate of drug-likeness (QED) is 0.648. The molecule has 29 heavy (non-hydrogen) atoms. The van der Waals surface area contributed by atoms with E-state index >= 15 is 0 Å². The molecule has 0 aliphatic carbocycles. The number of hydrogen-bond acceptors (Lipinski definition) is 3. The molecule has 0 saturated carbocycles. The van der Waals surface area contributed by atoms with Gasteiger partial charge >= 0.3 is 0 Å². The summed E-state index contributed by atoms with van der Waals surface area (Å²) in [5.41, 5.74) is 4.51. The van der Waals surface area contributed by atoms with E-state index in [4.69, 9.17) is 0 Å². The predicted molar refractivity (Wildman–Crippen MR) is 116 cm³/mol. The Morgan fingerprint density at radius 3 is 2.41 bits per heavy atom. The highest BCUT2D eigenvalue weighted by molar-refractivity contribution is 5.78. The number of nitrogens with zero attached hydrogens (tertiary/aromatic N) is 4. The lowest BCUT2D eigenvalue weighted by atomic mass is 10.0. The van der Waals surface area contributed by atoms with Crippen LogP contribution in [-0.2, 0) is 24.2 Å². The molecule has 0 bridgehead atoms. The van der Waals surface area contributed by atoms with Crippen molar-refractivity contribution in [3.8, 4) is 0 Å². The van der Waals surface area contributed by atoms with Crippen molar-refractivity contribution in [2.75, 3.05) is 26.2 Å². The van der Waals surface area contributed by atoms with E-state index in [0.29, 0.717) is 12.3 Å². The van der Waals surface area contributed by atoms with E-state index < -0.39 is 0 Å². The van der Waals surface area contributed by atoms with Gasteiger partial charge < -0.3 is 9.30 Å². The highest BCUT2D eigenvalue weighted by atomic mass is 16.2. The molecule has 3 aromatic rings. The first-order valence-electron chi connectivity index (χ1n) is 10.6. The number of piperazine rings is 1. The Balaban J connectivity index is 1.27. The summed E-state index contributed by atoms with van der Waals surface area (Å²) >= 11 is 0. The third-order valence-corrected chi connectivity index (χ3v) is 5.55. The Labute approximate surface area is 173 Å². The average molecular weight is 391 g/mol. The van der Waals surface area contributed by atoms with Crippen molar-refractivity contribution in [1.82, 2.24) is 19.2 Å². The molecule has 1 aliphatic rings. The number of imidazole rings is 1. The van der Waals surface area contributed by atoms with Gasteiger partial charge in [0.1, 0.15) is 5.65 Å². The van der Waals surface area contributed by atoms with E-state index in [9.17, 15) is 4.79 Å². The van der Waals surface area contributed by atoms with Gasteiger partial charge in [-0.25, -0.2) is 4.98 Å². The van der Waals surface area contributed by atoms with Crippen LogP contribution in [0.25, 0.3) is 5.65 Å². The van der Waals surface area contributed by atoms with Gasteiger partial charge in [-0.15, -0.1) is 0 Å². The molecular formula is C24H30N4O. The third kappa shape index (κ3) is 5.04. The number of rotatable bonds is 6. The monoisotopic (exact) mass is 390 g/mol. The van der Waals surface area contributed by atoms with Crippen LogP contribution < -0.4 is 0 Å². The van der Waals surface area contributed by atoms with E-state index in [0.717, 1.165) is 56.0 Å². The molecule has 2 aromatic heterocycles. The summed E-state index contributed by atoms with van der Waals surface area (Å²) in [6, 6.07) is 14.6. The smallest absolute Gasteiger partial charge is 0.227 e. The fourth-order valence-electron chi connectivity index (χ4n) is 4.00. The normalized spacial score (nSPS) is 15.3. The second-order valence-electron chi connectivity index (χ2n) is 8.45. The average Bonchev–Trinajstić information content (AvgIpc) is 3.12. The zero-order valence-corrected chi connectivity index (χ0v) is 17.4. The largest absolute Gasteiger partial charge is 0.340 e. The number of fused-ring (bicyclic) bond motifs is 1. The van der Waals surface area contributed by atoms with Crippen LogP contribution >= 0.6 is 0 Å². The Morgan fingerprint density at radius 1 is 1.00 bits per heavy atom.